The van der Waals surface area contributed by atoms with E-state index in [-0.39, 0.29) is 11.7 Å². The maximum atomic E-state index is 12.8. The number of aryl methyl sites for hydroxylation is 2. The van der Waals surface area contributed by atoms with Gasteiger partial charge in [-0.15, -0.1) is 0 Å². The van der Waals surface area contributed by atoms with Gasteiger partial charge in [0.1, 0.15) is 16.7 Å². The largest absolute Gasteiger partial charge is 0.508 e. The Morgan fingerprint density at radius 2 is 1.85 bits per heavy atom. The number of ether oxygens (including phenoxy) is 1. The average molecular weight is 459 g/mol. The van der Waals surface area contributed by atoms with Crippen LogP contribution in [0.1, 0.15) is 27.8 Å². The zero-order chi connectivity index (χ0) is 23.3. The van der Waals surface area contributed by atoms with Gasteiger partial charge in [-0.25, -0.2) is 0 Å². The number of rotatable bonds is 4. The van der Waals surface area contributed by atoms with Crippen molar-refractivity contribution in [1.82, 2.24) is 4.57 Å². The van der Waals surface area contributed by atoms with Gasteiger partial charge in [-0.2, -0.15) is 0 Å². The fourth-order valence-corrected chi connectivity index (χ4v) is 4.68. The van der Waals surface area contributed by atoms with Crippen LogP contribution in [0.25, 0.3) is 22.6 Å². The Labute approximate surface area is 196 Å². The van der Waals surface area contributed by atoms with Crippen LogP contribution in [0.3, 0.4) is 0 Å². The molecule has 5 nitrogen and oxygen atoms in total. The molecule has 2 heterocycles. The molecule has 0 fully saturated rings. The fourth-order valence-electron chi connectivity index (χ4n) is 4.37. The van der Waals surface area contributed by atoms with Crippen molar-refractivity contribution in [3.8, 4) is 11.5 Å². The van der Waals surface area contributed by atoms with Crippen molar-refractivity contribution in [2.45, 2.75) is 20.4 Å². The number of amides is 1. The lowest BCUT2D eigenvalue weighted by Gasteiger charge is -2.09. The first kappa shape index (κ1) is 21.2. The van der Waals surface area contributed by atoms with E-state index >= 15 is 0 Å². The Hall–Kier alpha value is -3.70. The maximum absolute atomic E-state index is 12.8. The first-order valence-electron chi connectivity index (χ1n) is 10.6. The number of hydrogen-bond donors (Lipinski definition) is 2. The van der Waals surface area contributed by atoms with Gasteiger partial charge < -0.3 is 19.7 Å². The van der Waals surface area contributed by atoms with Crippen LogP contribution < -0.4 is 10.1 Å². The topological polar surface area (TPSA) is 63.5 Å². The van der Waals surface area contributed by atoms with Crippen LogP contribution in [0, 0.1) is 13.8 Å². The summed E-state index contributed by atoms with van der Waals surface area (Å²) in [6, 6.07) is 17.5. The van der Waals surface area contributed by atoms with Crippen molar-refractivity contribution >= 4 is 45.7 Å². The molecule has 0 saturated heterocycles. The summed E-state index contributed by atoms with van der Waals surface area (Å²) in [7, 11) is 1.64. The van der Waals surface area contributed by atoms with Crippen LogP contribution in [0.15, 0.2) is 54.6 Å². The lowest BCUT2D eigenvalue weighted by Crippen LogP contribution is -2.03. The van der Waals surface area contributed by atoms with E-state index in [0.717, 1.165) is 33.3 Å². The van der Waals surface area contributed by atoms with Crippen molar-refractivity contribution < 1.29 is 14.6 Å². The molecule has 1 amide bonds. The van der Waals surface area contributed by atoms with Crippen LogP contribution in [-0.4, -0.2) is 22.7 Å². The quantitative estimate of drug-likeness (QED) is 0.284. The summed E-state index contributed by atoms with van der Waals surface area (Å²) in [6.07, 6.45) is 1.80. The molecule has 0 bridgehead atoms. The SMILES string of the molecule is COc1cc2c(/C=C3/C(=O)Nc4cc(C)c(O)cc43)c(Cl)n(Cc3ccccc3)c2cc1C. The minimum Gasteiger partial charge on any atom is -0.508 e. The van der Waals surface area contributed by atoms with Gasteiger partial charge >= 0.3 is 0 Å². The zero-order valence-corrected chi connectivity index (χ0v) is 19.3. The second-order valence-electron chi connectivity index (χ2n) is 8.31. The molecule has 0 radical (unpaired) electrons. The molecular weight excluding hydrogens is 436 g/mol. The number of methoxy groups -OCH3 is 1. The predicted octanol–water partition coefficient (Wildman–Crippen LogP) is 6.17. The van der Waals surface area contributed by atoms with Crippen molar-refractivity contribution in [2.75, 3.05) is 12.4 Å². The van der Waals surface area contributed by atoms with E-state index < -0.39 is 0 Å². The molecule has 1 aromatic heterocycles. The zero-order valence-electron chi connectivity index (χ0n) is 18.6. The fraction of sp³-hybridized carbons (Fsp3) is 0.148. The highest BCUT2D eigenvalue weighted by molar-refractivity contribution is 6.38. The van der Waals surface area contributed by atoms with E-state index in [2.05, 4.69) is 23.5 Å². The molecule has 4 aromatic rings. The standard InChI is InChI=1S/C27H23ClN2O3/c1-15-9-22-18(12-24(15)31)21(27(32)29-22)11-20-19-13-25(33-3)16(2)10-23(19)30(26(20)28)14-17-7-5-4-6-8-17/h4-13,31H,14H2,1-3H3,(H,29,32)/b21-11+. The minimum absolute atomic E-state index is 0.144. The molecule has 5 rings (SSSR count). The summed E-state index contributed by atoms with van der Waals surface area (Å²) in [6.45, 7) is 4.38. The predicted molar refractivity (Wildman–Crippen MR) is 133 cm³/mol. The summed E-state index contributed by atoms with van der Waals surface area (Å²) in [5.41, 5.74) is 6.30. The number of aromatic nitrogens is 1. The molecule has 0 aliphatic carbocycles. The summed E-state index contributed by atoms with van der Waals surface area (Å²) in [5, 5.41) is 14.5. The molecule has 166 valence electrons. The van der Waals surface area contributed by atoms with Crippen LogP contribution in [0.4, 0.5) is 5.69 Å². The number of phenolic OH excluding ortho intramolecular Hbond substituents is 1. The number of anilines is 1. The Morgan fingerprint density at radius 1 is 1.09 bits per heavy atom. The normalized spacial score (nSPS) is 14.1. The third-order valence-electron chi connectivity index (χ3n) is 6.14. The van der Waals surface area contributed by atoms with E-state index in [9.17, 15) is 9.90 Å². The molecule has 0 saturated carbocycles. The minimum atomic E-state index is -0.228. The van der Waals surface area contributed by atoms with E-state index in [1.807, 2.05) is 35.8 Å². The van der Waals surface area contributed by atoms with Gasteiger partial charge in [-0.3, -0.25) is 4.79 Å². The number of carbonyl (C=O) groups is 1. The third-order valence-corrected chi connectivity index (χ3v) is 6.55. The van der Waals surface area contributed by atoms with E-state index in [4.69, 9.17) is 16.3 Å². The number of halogens is 1. The second kappa shape index (κ2) is 8.01. The van der Waals surface area contributed by atoms with Crippen molar-refractivity contribution in [3.63, 3.8) is 0 Å². The van der Waals surface area contributed by atoms with Crippen molar-refractivity contribution in [2.24, 2.45) is 0 Å². The first-order valence-corrected chi connectivity index (χ1v) is 11.0. The first-order chi connectivity index (χ1) is 15.9. The highest BCUT2D eigenvalue weighted by Crippen LogP contribution is 2.41. The molecule has 33 heavy (non-hydrogen) atoms. The van der Waals surface area contributed by atoms with Gasteiger partial charge in [0.25, 0.3) is 5.91 Å². The summed E-state index contributed by atoms with van der Waals surface area (Å²) in [4.78, 5) is 12.8. The van der Waals surface area contributed by atoms with Gasteiger partial charge in [0.2, 0.25) is 0 Å². The molecule has 1 aliphatic rings. The van der Waals surface area contributed by atoms with E-state index in [0.29, 0.717) is 34.1 Å². The Bertz CT molecular complexity index is 1450. The third kappa shape index (κ3) is 3.55. The van der Waals surface area contributed by atoms with Gasteiger partial charge in [-0.1, -0.05) is 41.9 Å². The number of benzene rings is 3. The Kier molecular flexibility index (Phi) is 5.14. The van der Waals surface area contributed by atoms with Crippen LogP contribution in [-0.2, 0) is 11.3 Å². The van der Waals surface area contributed by atoms with Gasteiger partial charge in [0, 0.05) is 34.3 Å². The van der Waals surface area contributed by atoms with Gasteiger partial charge in [0.05, 0.1) is 12.6 Å². The molecule has 2 N–H and O–H groups in total. The molecular formula is C27H23ClN2O3. The van der Waals surface area contributed by atoms with E-state index in [1.54, 1.807) is 32.2 Å². The van der Waals surface area contributed by atoms with Gasteiger partial charge in [0.15, 0.2) is 0 Å². The molecule has 6 heteroatoms. The molecule has 3 aromatic carbocycles. The summed E-state index contributed by atoms with van der Waals surface area (Å²) in [5.74, 6) is 0.667. The summed E-state index contributed by atoms with van der Waals surface area (Å²) < 4.78 is 7.61. The molecule has 0 spiro atoms. The smallest absolute Gasteiger partial charge is 0.256 e. The van der Waals surface area contributed by atoms with E-state index in [1.165, 1.54) is 0 Å². The molecule has 0 unspecified atom stereocenters. The number of aromatic hydroxyl groups is 1. The molecule has 1 aliphatic heterocycles. The maximum Gasteiger partial charge on any atom is 0.256 e. The number of phenols is 1. The number of nitrogens with zero attached hydrogens (tertiary/aromatic N) is 1. The van der Waals surface area contributed by atoms with Crippen LogP contribution in [0.2, 0.25) is 5.15 Å². The van der Waals surface area contributed by atoms with Crippen LogP contribution in [0.5, 0.6) is 11.5 Å². The number of hydrogen-bond acceptors (Lipinski definition) is 3. The highest BCUT2D eigenvalue weighted by Gasteiger charge is 2.27. The van der Waals surface area contributed by atoms with Crippen LogP contribution >= 0.6 is 11.6 Å². The average Bonchev–Trinajstić information content (AvgIpc) is 3.22. The lowest BCUT2D eigenvalue weighted by atomic mass is 10.0. The Balaban J connectivity index is 1.74. The number of fused-ring (bicyclic) bond motifs is 2. The number of nitrogens with one attached hydrogen (secondary N) is 1. The number of carbonyl (C=O) groups excluding carboxylic acids is 1. The van der Waals surface area contributed by atoms with Crippen molar-refractivity contribution in [1.29, 1.82) is 0 Å². The Morgan fingerprint density at radius 3 is 2.58 bits per heavy atom. The van der Waals surface area contributed by atoms with Gasteiger partial charge in [-0.05, 0) is 60.9 Å². The monoisotopic (exact) mass is 458 g/mol. The van der Waals surface area contributed by atoms with Crippen molar-refractivity contribution in [3.05, 3.63) is 87.6 Å². The second-order valence-corrected chi connectivity index (χ2v) is 8.67. The molecule has 0 atom stereocenters. The lowest BCUT2D eigenvalue weighted by molar-refractivity contribution is -0.110. The summed E-state index contributed by atoms with van der Waals surface area (Å²) >= 11 is 6.96. The highest BCUT2D eigenvalue weighted by atomic mass is 35.5.